The van der Waals surface area contributed by atoms with Gasteiger partial charge in [0.15, 0.2) is 0 Å². The first-order valence-electron chi connectivity index (χ1n) is 5.06. The summed E-state index contributed by atoms with van der Waals surface area (Å²) in [7, 11) is 0. The molecule has 0 spiro atoms. The zero-order chi connectivity index (χ0) is 11.4. The molecule has 2 heterocycles. The number of rotatable bonds is 3. The van der Waals surface area contributed by atoms with E-state index in [1.807, 2.05) is 6.07 Å². The summed E-state index contributed by atoms with van der Waals surface area (Å²) in [5.41, 5.74) is 0.456. The van der Waals surface area contributed by atoms with Crippen molar-refractivity contribution in [1.82, 2.24) is 4.98 Å². The molecule has 0 radical (unpaired) electrons. The molecule has 0 N–H and O–H groups in total. The summed E-state index contributed by atoms with van der Waals surface area (Å²) in [6.45, 7) is 2.07. The third-order valence-electron chi connectivity index (χ3n) is 2.39. The minimum Gasteiger partial charge on any atom is -0.477 e. The Morgan fingerprint density at radius 2 is 2.50 bits per heavy atom. The van der Waals surface area contributed by atoms with Gasteiger partial charge in [0.05, 0.1) is 24.8 Å². The number of nitriles is 1. The molecule has 1 unspecified atom stereocenters. The molecule has 4 nitrogen and oxygen atoms in total. The first-order valence-corrected chi connectivity index (χ1v) is 5.44. The Balaban J connectivity index is 1.98. The number of ether oxygens (including phenoxy) is 2. The van der Waals surface area contributed by atoms with Gasteiger partial charge in [0.2, 0.25) is 5.88 Å². The Kier molecular flexibility index (Phi) is 3.60. The fourth-order valence-corrected chi connectivity index (χ4v) is 1.73. The minimum absolute atomic E-state index is 0.275. The molecule has 1 saturated heterocycles. The van der Waals surface area contributed by atoms with Crippen molar-refractivity contribution >= 4 is 11.6 Å². The molecular formula is C11H11ClN2O2. The van der Waals surface area contributed by atoms with Crippen LogP contribution in [0.1, 0.15) is 12.0 Å². The number of hydrogen-bond acceptors (Lipinski definition) is 4. The van der Waals surface area contributed by atoms with E-state index in [0.29, 0.717) is 24.0 Å². The van der Waals surface area contributed by atoms with Crippen LogP contribution in [-0.2, 0) is 4.74 Å². The van der Waals surface area contributed by atoms with Crippen LogP contribution in [0.15, 0.2) is 12.1 Å². The molecule has 0 aliphatic carbocycles. The van der Waals surface area contributed by atoms with Crippen molar-refractivity contribution in [3.8, 4) is 11.9 Å². The van der Waals surface area contributed by atoms with Gasteiger partial charge in [-0.15, -0.1) is 0 Å². The fourth-order valence-electron chi connectivity index (χ4n) is 1.53. The van der Waals surface area contributed by atoms with Gasteiger partial charge in [-0.3, -0.25) is 0 Å². The van der Waals surface area contributed by atoms with Crippen molar-refractivity contribution in [1.29, 1.82) is 5.26 Å². The first-order chi connectivity index (χ1) is 7.78. The maximum Gasteiger partial charge on any atom is 0.215 e. The lowest BCUT2D eigenvalue weighted by Crippen LogP contribution is -2.12. The van der Waals surface area contributed by atoms with Crippen LogP contribution in [0, 0.1) is 17.2 Å². The number of aromatic nitrogens is 1. The molecule has 0 amide bonds. The zero-order valence-corrected chi connectivity index (χ0v) is 9.41. The average Bonchev–Trinajstić information content (AvgIpc) is 2.78. The quantitative estimate of drug-likeness (QED) is 0.756. The molecule has 0 saturated carbocycles. The molecule has 2 rings (SSSR count). The van der Waals surface area contributed by atoms with E-state index < -0.39 is 0 Å². The van der Waals surface area contributed by atoms with Crippen molar-refractivity contribution in [2.24, 2.45) is 5.92 Å². The predicted molar refractivity (Wildman–Crippen MR) is 58.4 cm³/mol. The average molecular weight is 239 g/mol. The van der Waals surface area contributed by atoms with Crippen molar-refractivity contribution < 1.29 is 9.47 Å². The summed E-state index contributed by atoms with van der Waals surface area (Å²) < 4.78 is 10.7. The van der Waals surface area contributed by atoms with E-state index >= 15 is 0 Å². The van der Waals surface area contributed by atoms with Crippen molar-refractivity contribution in [3.05, 3.63) is 22.8 Å². The van der Waals surface area contributed by atoms with Gasteiger partial charge in [-0.2, -0.15) is 5.26 Å². The molecule has 1 fully saturated rings. The van der Waals surface area contributed by atoms with Gasteiger partial charge in [0.1, 0.15) is 5.15 Å². The topological polar surface area (TPSA) is 55.1 Å². The lowest BCUT2D eigenvalue weighted by Gasteiger charge is -2.09. The smallest absolute Gasteiger partial charge is 0.215 e. The van der Waals surface area contributed by atoms with Crippen molar-refractivity contribution in [3.63, 3.8) is 0 Å². The van der Waals surface area contributed by atoms with Gasteiger partial charge in [-0.05, 0) is 12.5 Å². The molecular weight excluding hydrogens is 228 g/mol. The molecule has 16 heavy (non-hydrogen) atoms. The SMILES string of the molecule is N#Cc1cc(Cl)nc(OCC2CCOC2)c1. The predicted octanol–water partition coefficient (Wildman–Crippen LogP) is 2.02. The fraction of sp³-hybridized carbons (Fsp3) is 0.455. The lowest BCUT2D eigenvalue weighted by atomic mass is 10.1. The minimum atomic E-state index is 0.275. The molecule has 0 bridgehead atoms. The first kappa shape index (κ1) is 11.2. The second-order valence-electron chi connectivity index (χ2n) is 3.67. The molecule has 1 atom stereocenters. The van der Waals surface area contributed by atoms with Gasteiger partial charge in [0, 0.05) is 18.6 Å². The van der Waals surface area contributed by atoms with Crippen LogP contribution in [0.4, 0.5) is 0 Å². The Morgan fingerprint density at radius 3 is 3.19 bits per heavy atom. The third-order valence-corrected chi connectivity index (χ3v) is 2.58. The van der Waals surface area contributed by atoms with E-state index in [9.17, 15) is 0 Å². The second kappa shape index (κ2) is 5.15. The van der Waals surface area contributed by atoms with Crippen molar-refractivity contribution in [2.45, 2.75) is 6.42 Å². The Morgan fingerprint density at radius 1 is 1.62 bits per heavy atom. The number of pyridine rings is 1. The Hall–Kier alpha value is -1.31. The van der Waals surface area contributed by atoms with Crippen LogP contribution in [0.25, 0.3) is 0 Å². The van der Waals surface area contributed by atoms with E-state index in [4.69, 9.17) is 26.3 Å². The lowest BCUT2D eigenvalue weighted by molar-refractivity contribution is 0.165. The van der Waals surface area contributed by atoms with Crippen LogP contribution in [0.2, 0.25) is 5.15 Å². The molecule has 0 aromatic carbocycles. The monoisotopic (exact) mass is 238 g/mol. The summed E-state index contributed by atoms with van der Waals surface area (Å²) in [5, 5.41) is 9.03. The van der Waals surface area contributed by atoms with E-state index in [2.05, 4.69) is 4.98 Å². The number of nitrogens with zero attached hydrogens (tertiary/aromatic N) is 2. The summed E-state index contributed by atoms with van der Waals surface area (Å²) in [4.78, 5) is 3.99. The van der Waals surface area contributed by atoms with Crippen LogP contribution in [0.5, 0.6) is 5.88 Å². The third kappa shape index (κ3) is 2.84. The molecule has 1 aliphatic rings. The number of hydrogen-bond donors (Lipinski definition) is 0. The van der Waals surface area contributed by atoms with Crippen LogP contribution < -0.4 is 4.74 Å². The van der Waals surface area contributed by atoms with Gasteiger partial charge >= 0.3 is 0 Å². The summed E-state index contributed by atoms with van der Waals surface area (Å²) >= 11 is 5.76. The highest BCUT2D eigenvalue weighted by Gasteiger charge is 2.16. The maximum atomic E-state index is 8.75. The highest BCUT2D eigenvalue weighted by Crippen LogP contribution is 2.18. The largest absolute Gasteiger partial charge is 0.477 e. The highest BCUT2D eigenvalue weighted by molar-refractivity contribution is 6.29. The molecule has 5 heteroatoms. The van der Waals surface area contributed by atoms with E-state index in [-0.39, 0.29) is 5.15 Å². The maximum absolute atomic E-state index is 8.75. The van der Waals surface area contributed by atoms with E-state index in [1.165, 1.54) is 6.07 Å². The Bertz CT molecular complexity index is 411. The summed E-state index contributed by atoms with van der Waals surface area (Å²) in [5.74, 6) is 0.808. The van der Waals surface area contributed by atoms with Gasteiger partial charge in [-0.25, -0.2) is 4.98 Å². The normalized spacial score (nSPS) is 19.4. The van der Waals surface area contributed by atoms with Crippen LogP contribution >= 0.6 is 11.6 Å². The number of halogens is 1. The Labute approximate surface area is 98.8 Å². The van der Waals surface area contributed by atoms with E-state index in [1.54, 1.807) is 6.07 Å². The van der Waals surface area contributed by atoms with E-state index in [0.717, 1.165) is 19.6 Å². The molecule has 1 aromatic heterocycles. The summed E-state index contributed by atoms with van der Waals surface area (Å²) in [6, 6.07) is 5.10. The molecule has 84 valence electrons. The zero-order valence-electron chi connectivity index (χ0n) is 8.65. The highest BCUT2D eigenvalue weighted by atomic mass is 35.5. The van der Waals surface area contributed by atoms with Crippen molar-refractivity contribution in [2.75, 3.05) is 19.8 Å². The summed E-state index contributed by atoms with van der Waals surface area (Å²) in [6.07, 6.45) is 1.01. The molecule has 1 aromatic rings. The second-order valence-corrected chi connectivity index (χ2v) is 4.06. The van der Waals surface area contributed by atoms with Gasteiger partial charge in [-0.1, -0.05) is 11.6 Å². The van der Waals surface area contributed by atoms with Crippen LogP contribution in [0.3, 0.4) is 0 Å². The standard InChI is InChI=1S/C11H11ClN2O2/c12-10-3-9(5-13)4-11(14-10)16-7-8-1-2-15-6-8/h3-4,8H,1-2,6-7H2. The van der Waals surface area contributed by atoms with Gasteiger partial charge < -0.3 is 9.47 Å². The molecule has 1 aliphatic heterocycles. The van der Waals surface area contributed by atoms with Crippen LogP contribution in [-0.4, -0.2) is 24.8 Å². The van der Waals surface area contributed by atoms with Gasteiger partial charge in [0.25, 0.3) is 0 Å².